The molecule has 1 N–H and O–H groups in total. The van der Waals surface area contributed by atoms with Gasteiger partial charge in [-0.3, -0.25) is 4.79 Å². The first kappa shape index (κ1) is 15.6. The summed E-state index contributed by atoms with van der Waals surface area (Å²) < 4.78 is 18.4. The number of aryl methyl sites for hydroxylation is 1. The van der Waals surface area contributed by atoms with Crippen molar-refractivity contribution in [3.05, 3.63) is 35.1 Å². The summed E-state index contributed by atoms with van der Waals surface area (Å²) in [5, 5.41) is 3.22. The maximum atomic E-state index is 13.5. The van der Waals surface area contributed by atoms with E-state index in [0.717, 1.165) is 5.56 Å². The second kappa shape index (κ2) is 7.24. The first-order valence-corrected chi connectivity index (χ1v) is 6.61. The number of rotatable bonds is 6. The molecule has 2 unspecified atom stereocenters. The fourth-order valence-electron chi connectivity index (χ4n) is 1.72. The fraction of sp³-hybridized carbons (Fsp3) is 0.533. The van der Waals surface area contributed by atoms with Crippen LogP contribution in [-0.4, -0.2) is 19.1 Å². The average Bonchev–Trinajstić information content (AvgIpc) is 2.39. The van der Waals surface area contributed by atoms with E-state index in [2.05, 4.69) is 5.32 Å². The summed E-state index contributed by atoms with van der Waals surface area (Å²) in [6, 6.07) is 5.18. The summed E-state index contributed by atoms with van der Waals surface area (Å²) in [5.74, 6) is -0.625. The second-order valence-electron chi connectivity index (χ2n) is 4.79. The van der Waals surface area contributed by atoms with E-state index in [1.165, 1.54) is 6.07 Å². The third-order valence-electron chi connectivity index (χ3n) is 3.12. The van der Waals surface area contributed by atoms with Crippen LogP contribution >= 0.6 is 0 Å². The van der Waals surface area contributed by atoms with Gasteiger partial charge in [-0.25, -0.2) is 4.39 Å². The summed E-state index contributed by atoms with van der Waals surface area (Å²) in [7, 11) is 0. The lowest BCUT2D eigenvalue weighted by atomic mass is 10.1. The van der Waals surface area contributed by atoms with Crippen LogP contribution in [0.25, 0.3) is 0 Å². The predicted molar refractivity (Wildman–Crippen MR) is 73.4 cm³/mol. The molecule has 1 aromatic carbocycles. The molecule has 2 atom stereocenters. The van der Waals surface area contributed by atoms with Crippen molar-refractivity contribution in [2.75, 3.05) is 13.2 Å². The summed E-state index contributed by atoms with van der Waals surface area (Å²) in [5.41, 5.74) is 1.51. The molecule has 0 aromatic heterocycles. The third-order valence-corrected chi connectivity index (χ3v) is 3.12. The molecule has 0 spiro atoms. The maximum absolute atomic E-state index is 13.5. The molecule has 0 saturated heterocycles. The molecule has 0 aliphatic carbocycles. The third kappa shape index (κ3) is 4.63. The predicted octanol–water partition coefficient (Wildman–Crippen LogP) is 2.98. The molecule has 0 bridgehead atoms. The molecule has 1 aromatic rings. The highest BCUT2D eigenvalue weighted by Gasteiger charge is 2.15. The minimum atomic E-state index is -0.211. The smallest absolute Gasteiger partial charge is 0.309 e. The van der Waals surface area contributed by atoms with E-state index < -0.39 is 0 Å². The Bertz CT molecular complexity index is 434. The van der Waals surface area contributed by atoms with Gasteiger partial charge in [0.15, 0.2) is 0 Å². The van der Waals surface area contributed by atoms with Crippen LogP contribution in [0, 0.1) is 18.7 Å². The first-order valence-electron chi connectivity index (χ1n) is 6.61. The SMILES string of the molecule is CCOC(=O)C(C)CNC(C)c1ccc(C)c(F)c1. The topological polar surface area (TPSA) is 38.3 Å². The minimum absolute atomic E-state index is 0.00743. The van der Waals surface area contributed by atoms with E-state index in [4.69, 9.17) is 4.74 Å². The van der Waals surface area contributed by atoms with Crippen molar-refractivity contribution in [1.29, 1.82) is 0 Å². The molecule has 0 amide bonds. The number of carbonyl (C=O) groups is 1. The van der Waals surface area contributed by atoms with Crippen molar-refractivity contribution >= 4 is 5.97 Å². The lowest BCUT2D eigenvalue weighted by Crippen LogP contribution is -2.29. The van der Waals surface area contributed by atoms with Crippen LogP contribution in [0.1, 0.15) is 37.9 Å². The molecule has 0 aliphatic heterocycles. The van der Waals surface area contributed by atoms with Gasteiger partial charge in [0.25, 0.3) is 0 Å². The first-order chi connectivity index (χ1) is 8.95. The van der Waals surface area contributed by atoms with E-state index in [0.29, 0.717) is 18.7 Å². The van der Waals surface area contributed by atoms with Gasteiger partial charge in [0.1, 0.15) is 5.82 Å². The highest BCUT2D eigenvalue weighted by molar-refractivity contribution is 5.72. The van der Waals surface area contributed by atoms with E-state index in [1.807, 2.05) is 19.9 Å². The number of carbonyl (C=O) groups excluding carboxylic acids is 1. The number of benzene rings is 1. The lowest BCUT2D eigenvalue weighted by Gasteiger charge is -2.17. The molecule has 4 heteroatoms. The zero-order valence-corrected chi connectivity index (χ0v) is 12.0. The Morgan fingerprint density at radius 2 is 2.11 bits per heavy atom. The van der Waals surface area contributed by atoms with Gasteiger partial charge in [-0.2, -0.15) is 0 Å². The van der Waals surface area contributed by atoms with Crippen molar-refractivity contribution in [1.82, 2.24) is 5.32 Å². The quantitative estimate of drug-likeness (QED) is 0.805. The van der Waals surface area contributed by atoms with Crippen LogP contribution in [0.3, 0.4) is 0 Å². The van der Waals surface area contributed by atoms with Crippen molar-refractivity contribution in [3.63, 3.8) is 0 Å². The minimum Gasteiger partial charge on any atom is -0.466 e. The van der Waals surface area contributed by atoms with Crippen molar-refractivity contribution in [3.8, 4) is 0 Å². The van der Waals surface area contributed by atoms with Gasteiger partial charge in [0, 0.05) is 12.6 Å². The van der Waals surface area contributed by atoms with Crippen LogP contribution in [-0.2, 0) is 9.53 Å². The van der Waals surface area contributed by atoms with E-state index in [-0.39, 0.29) is 23.7 Å². The van der Waals surface area contributed by atoms with E-state index in [1.54, 1.807) is 19.9 Å². The summed E-state index contributed by atoms with van der Waals surface area (Å²) >= 11 is 0. The van der Waals surface area contributed by atoms with Crippen molar-refractivity contribution in [2.24, 2.45) is 5.92 Å². The molecule has 1 rings (SSSR count). The van der Waals surface area contributed by atoms with Gasteiger partial charge in [0.05, 0.1) is 12.5 Å². The fourth-order valence-corrected chi connectivity index (χ4v) is 1.72. The van der Waals surface area contributed by atoms with Crippen LogP contribution in [0.5, 0.6) is 0 Å². The molecule has 0 heterocycles. The molecular formula is C15H22FNO2. The van der Waals surface area contributed by atoms with E-state index >= 15 is 0 Å². The highest BCUT2D eigenvalue weighted by atomic mass is 19.1. The summed E-state index contributed by atoms with van der Waals surface area (Å²) in [6.07, 6.45) is 0. The standard InChI is InChI=1S/C15H22FNO2/c1-5-19-15(18)11(3)9-17-12(4)13-7-6-10(2)14(16)8-13/h6-8,11-12,17H,5,9H2,1-4H3. The molecule has 0 saturated carbocycles. The molecule has 0 fully saturated rings. The van der Waals surface area contributed by atoms with Gasteiger partial charge in [-0.15, -0.1) is 0 Å². The normalized spacial score (nSPS) is 13.9. The zero-order valence-electron chi connectivity index (χ0n) is 12.0. The molecule has 106 valence electrons. The van der Waals surface area contributed by atoms with Crippen LogP contribution in [0.2, 0.25) is 0 Å². The van der Waals surface area contributed by atoms with Gasteiger partial charge in [-0.05, 0) is 38.0 Å². The largest absolute Gasteiger partial charge is 0.466 e. The molecular weight excluding hydrogens is 245 g/mol. The van der Waals surface area contributed by atoms with Gasteiger partial charge < -0.3 is 10.1 Å². The average molecular weight is 267 g/mol. The number of hydrogen-bond acceptors (Lipinski definition) is 3. The number of ether oxygens (including phenoxy) is 1. The number of halogens is 1. The van der Waals surface area contributed by atoms with E-state index in [9.17, 15) is 9.18 Å². The Morgan fingerprint density at radius 1 is 1.42 bits per heavy atom. The number of hydrogen-bond donors (Lipinski definition) is 1. The van der Waals surface area contributed by atoms with Gasteiger partial charge in [0.2, 0.25) is 0 Å². The molecule has 0 aliphatic rings. The van der Waals surface area contributed by atoms with Gasteiger partial charge >= 0.3 is 5.97 Å². The molecule has 0 radical (unpaired) electrons. The van der Waals surface area contributed by atoms with Crippen molar-refractivity contribution < 1.29 is 13.9 Å². The molecule has 3 nitrogen and oxygen atoms in total. The van der Waals surface area contributed by atoms with Crippen molar-refractivity contribution in [2.45, 2.75) is 33.7 Å². The Kier molecular flexibility index (Phi) is 5.96. The summed E-state index contributed by atoms with van der Waals surface area (Å²) in [6.45, 7) is 8.18. The Labute approximate surface area is 114 Å². The summed E-state index contributed by atoms with van der Waals surface area (Å²) in [4.78, 5) is 11.5. The Morgan fingerprint density at radius 3 is 2.68 bits per heavy atom. The highest BCUT2D eigenvalue weighted by Crippen LogP contribution is 2.16. The Balaban J connectivity index is 2.53. The lowest BCUT2D eigenvalue weighted by molar-refractivity contribution is -0.147. The number of nitrogens with one attached hydrogen (secondary N) is 1. The van der Waals surface area contributed by atoms with Gasteiger partial charge in [-0.1, -0.05) is 19.1 Å². The number of esters is 1. The van der Waals surface area contributed by atoms with Crippen LogP contribution < -0.4 is 5.32 Å². The van der Waals surface area contributed by atoms with Crippen LogP contribution in [0.15, 0.2) is 18.2 Å². The van der Waals surface area contributed by atoms with Crippen LogP contribution in [0.4, 0.5) is 4.39 Å². The second-order valence-corrected chi connectivity index (χ2v) is 4.79. The zero-order chi connectivity index (χ0) is 14.4. The maximum Gasteiger partial charge on any atom is 0.309 e. The Hall–Kier alpha value is -1.42. The monoisotopic (exact) mass is 267 g/mol. The molecule has 19 heavy (non-hydrogen) atoms.